The summed E-state index contributed by atoms with van der Waals surface area (Å²) in [6.45, 7) is 5.76. The van der Waals surface area contributed by atoms with Crippen LogP contribution in [0.1, 0.15) is 27.2 Å². The Balaban J connectivity index is 3.45. The van der Waals surface area contributed by atoms with Gasteiger partial charge in [-0.25, -0.2) is 0 Å². The van der Waals surface area contributed by atoms with Gasteiger partial charge in [0, 0.05) is 11.8 Å². The Bertz CT molecular complexity index is 161. The predicted octanol–water partition coefficient (Wildman–Crippen LogP) is 3.31. The quantitative estimate of drug-likeness (QED) is 0.736. The number of thioether (sulfide) groups is 1. The van der Waals surface area contributed by atoms with Crippen molar-refractivity contribution in [3.05, 3.63) is 0 Å². The maximum atomic E-state index is 11.8. The van der Waals surface area contributed by atoms with E-state index in [1.165, 1.54) is 0 Å². The molecule has 92 valence electrons. The number of hydrogen-bond acceptors (Lipinski definition) is 2. The summed E-state index contributed by atoms with van der Waals surface area (Å²) in [5.41, 5.74) is 0. The number of alkyl halides is 3. The molecule has 0 heterocycles. The lowest BCUT2D eigenvalue weighted by Crippen LogP contribution is -2.32. The maximum Gasteiger partial charge on any atom is 0.401 e. The van der Waals surface area contributed by atoms with Crippen LogP contribution in [0.15, 0.2) is 0 Å². The highest BCUT2D eigenvalue weighted by Gasteiger charge is 2.26. The second kappa shape index (κ2) is 7.39. The smallest absolute Gasteiger partial charge is 0.308 e. The van der Waals surface area contributed by atoms with Crippen molar-refractivity contribution in [1.29, 1.82) is 0 Å². The third kappa shape index (κ3) is 10.4. The van der Waals surface area contributed by atoms with Crippen LogP contribution in [0.3, 0.4) is 0 Å². The topological polar surface area (TPSA) is 12.0 Å². The van der Waals surface area contributed by atoms with Gasteiger partial charge in [0.05, 0.1) is 6.54 Å². The molecule has 2 unspecified atom stereocenters. The largest absolute Gasteiger partial charge is 0.401 e. The molecule has 5 heteroatoms. The molecule has 0 saturated heterocycles. The van der Waals surface area contributed by atoms with Crippen molar-refractivity contribution in [2.45, 2.75) is 38.6 Å². The second-order valence-corrected chi connectivity index (χ2v) is 5.37. The molecule has 0 amide bonds. The minimum absolute atomic E-state index is 0.237. The molecule has 0 rings (SSSR count). The lowest BCUT2D eigenvalue weighted by atomic mass is 10.2. The van der Waals surface area contributed by atoms with Gasteiger partial charge in [-0.3, -0.25) is 0 Å². The van der Waals surface area contributed by atoms with Crippen molar-refractivity contribution in [1.82, 2.24) is 5.32 Å². The third-order valence-electron chi connectivity index (χ3n) is 2.12. The van der Waals surface area contributed by atoms with Crippen LogP contribution in [0.4, 0.5) is 13.2 Å². The van der Waals surface area contributed by atoms with Gasteiger partial charge >= 0.3 is 6.18 Å². The lowest BCUT2D eigenvalue weighted by molar-refractivity contribution is -0.124. The molecule has 0 aromatic heterocycles. The van der Waals surface area contributed by atoms with Crippen molar-refractivity contribution in [2.75, 3.05) is 18.8 Å². The van der Waals surface area contributed by atoms with Gasteiger partial charge in [0.2, 0.25) is 0 Å². The van der Waals surface area contributed by atoms with E-state index >= 15 is 0 Å². The fourth-order valence-corrected chi connectivity index (χ4v) is 2.05. The van der Waals surface area contributed by atoms with E-state index in [1.54, 1.807) is 11.8 Å². The van der Waals surface area contributed by atoms with Gasteiger partial charge in [-0.2, -0.15) is 24.9 Å². The van der Waals surface area contributed by atoms with E-state index in [0.717, 1.165) is 12.2 Å². The second-order valence-electron chi connectivity index (χ2n) is 3.90. The third-order valence-corrected chi connectivity index (χ3v) is 3.62. The summed E-state index contributed by atoms with van der Waals surface area (Å²) >= 11 is 1.73. The molecule has 0 saturated carbocycles. The Hall–Kier alpha value is 0.100. The van der Waals surface area contributed by atoms with E-state index in [9.17, 15) is 13.2 Å². The maximum absolute atomic E-state index is 11.8. The van der Waals surface area contributed by atoms with Crippen LogP contribution in [0.25, 0.3) is 0 Å². The van der Waals surface area contributed by atoms with Crippen molar-refractivity contribution < 1.29 is 13.2 Å². The van der Waals surface area contributed by atoms with Crippen LogP contribution in [0, 0.1) is 5.92 Å². The molecule has 0 aliphatic carbocycles. The van der Waals surface area contributed by atoms with Crippen LogP contribution < -0.4 is 5.32 Å². The average molecular weight is 243 g/mol. The van der Waals surface area contributed by atoms with Crippen LogP contribution in [0.5, 0.6) is 0 Å². The first kappa shape index (κ1) is 15.1. The Kier molecular flexibility index (Phi) is 7.44. The zero-order chi connectivity index (χ0) is 11.9. The Morgan fingerprint density at radius 3 is 2.33 bits per heavy atom. The molecule has 0 bridgehead atoms. The SMILES string of the molecule is CCC(C)CSC(C)CNCC(F)(F)F. The highest BCUT2D eigenvalue weighted by Crippen LogP contribution is 2.17. The van der Waals surface area contributed by atoms with Gasteiger partial charge in [-0.15, -0.1) is 0 Å². The zero-order valence-electron chi connectivity index (χ0n) is 9.53. The van der Waals surface area contributed by atoms with Crippen LogP contribution in [-0.4, -0.2) is 30.3 Å². The van der Waals surface area contributed by atoms with Crippen molar-refractivity contribution in [3.8, 4) is 0 Å². The minimum Gasteiger partial charge on any atom is -0.308 e. The van der Waals surface area contributed by atoms with Crippen molar-refractivity contribution in [2.24, 2.45) is 5.92 Å². The Morgan fingerprint density at radius 1 is 1.27 bits per heavy atom. The van der Waals surface area contributed by atoms with Crippen LogP contribution >= 0.6 is 11.8 Å². The van der Waals surface area contributed by atoms with E-state index in [-0.39, 0.29) is 5.25 Å². The molecule has 2 atom stereocenters. The monoisotopic (exact) mass is 243 g/mol. The minimum atomic E-state index is -4.10. The molecule has 1 nitrogen and oxygen atoms in total. The van der Waals surface area contributed by atoms with Crippen LogP contribution in [-0.2, 0) is 0 Å². The number of halogens is 3. The number of hydrogen-bond donors (Lipinski definition) is 1. The molecule has 0 spiro atoms. The fraction of sp³-hybridized carbons (Fsp3) is 1.00. The molecule has 0 aliphatic heterocycles. The van der Waals surface area contributed by atoms with Crippen LogP contribution in [0.2, 0.25) is 0 Å². The summed E-state index contributed by atoms with van der Waals surface area (Å²) < 4.78 is 35.4. The van der Waals surface area contributed by atoms with Crippen molar-refractivity contribution >= 4 is 11.8 Å². The van der Waals surface area contributed by atoms with E-state index in [4.69, 9.17) is 0 Å². The summed E-state index contributed by atoms with van der Waals surface area (Å²) in [5.74, 6) is 1.66. The van der Waals surface area contributed by atoms with E-state index in [0.29, 0.717) is 12.5 Å². The highest BCUT2D eigenvalue weighted by molar-refractivity contribution is 7.99. The van der Waals surface area contributed by atoms with E-state index < -0.39 is 12.7 Å². The normalized spacial score (nSPS) is 16.4. The summed E-state index contributed by atoms with van der Waals surface area (Å²) in [6.07, 6.45) is -2.98. The molecule has 1 N–H and O–H groups in total. The molecular formula is C10H20F3NS. The van der Waals surface area contributed by atoms with Gasteiger partial charge in [-0.1, -0.05) is 27.2 Å². The van der Waals surface area contributed by atoms with E-state index in [2.05, 4.69) is 19.2 Å². The first-order valence-electron chi connectivity index (χ1n) is 5.24. The van der Waals surface area contributed by atoms with Crippen molar-refractivity contribution in [3.63, 3.8) is 0 Å². The van der Waals surface area contributed by atoms with Gasteiger partial charge in [0.15, 0.2) is 0 Å². The average Bonchev–Trinajstić information content (AvgIpc) is 2.12. The first-order valence-corrected chi connectivity index (χ1v) is 6.29. The van der Waals surface area contributed by atoms with Gasteiger partial charge < -0.3 is 5.32 Å². The van der Waals surface area contributed by atoms with Gasteiger partial charge in [0.1, 0.15) is 0 Å². The molecule has 15 heavy (non-hydrogen) atoms. The lowest BCUT2D eigenvalue weighted by Gasteiger charge is -2.15. The molecular weight excluding hydrogens is 223 g/mol. The van der Waals surface area contributed by atoms with Gasteiger partial charge in [0.25, 0.3) is 0 Å². The standard InChI is InChI=1S/C10H20F3NS/c1-4-8(2)6-15-9(3)5-14-7-10(11,12)13/h8-9,14H,4-7H2,1-3H3. The fourth-order valence-electron chi connectivity index (χ4n) is 0.922. The Labute approximate surface area is 94.2 Å². The first-order chi connectivity index (χ1) is 6.85. The Morgan fingerprint density at radius 2 is 1.87 bits per heavy atom. The molecule has 0 fully saturated rings. The summed E-state index contributed by atoms with van der Waals surface area (Å²) in [6, 6.07) is 0. The van der Waals surface area contributed by atoms with Gasteiger partial charge in [-0.05, 0) is 11.7 Å². The van der Waals surface area contributed by atoms with E-state index in [1.807, 2.05) is 6.92 Å². The molecule has 0 aliphatic rings. The molecule has 0 aromatic rings. The predicted molar refractivity (Wildman–Crippen MR) is 60.3 cm³/mol. The summed E-state index contributed by atoms with van der Waals surface area (Å²) in [4.78, 5) is 0. The highest BCUT2D eigenvalue weighted by atomic mass is 32.2. The number of rotatable bonds is 7. The summed E-state index contributed by atoms with van der Waals surface area (Å²) in [5, 5.41) is 2.66. The molecule has 0 radical (unpaired) electrons. The zero-order valence-corrected chi connectivity index (χ0v) is 10.3. The molecule has 0 aromatic carbocycles. The number of nitrogens with one attached hydrogen (secondary N) is 1. The summed E-state index contributed by atoms with van der Waals surface area (Å²) in [7, 11) is 0.